The Balaban J connectivity index is 2.45. The van der Waals surface area contributed by atoms with Gasteiger partial charge in [0.05, 0.1) is 6.26 Å². The summed E-state index contributed by atoms with van der Waals surface area (Å²) in [6.45, 7) is 0.326. The molecule has 0 fully saturated rings. The molecule has 5 nitrogen and oxygen atoms in total. The van der Waals surface area contributed by atoms with Gasteiger partial charge in [0.15, 0.2) is 0 Å². The van der Waals surface area contributed by atoms with E-state index in [1.165, 1.54) is 0 Å². The zero-order chi connectivity index (χ0) is 8.10. The van der Waals surface area contributed by atoms with Crippen LogP contribution in [0.3, 0.4) is 0 Å². The van der Waals surface area contributed by atoms with Crippen molar-refractivity contribution >= 4 is 5.96 Å². The lowest BCUT2D eigenvalue weighted by molar-refractivity contribution is 0.232. The lowest BCUT2D eigenvalue weighted by Crippen LogP contribution is -2.28. The molecule has 1 aromatic rings. The van der Waals surface area contributed by atoms with Crippen molar-refractivity contribution in [2.45, 2.75) is 6.54 Å². The molecule has 0 aliphatic rings. The highest BCUT2D eigenvalue weighted by atomic mass is 16.5. The van der Waals surface area contributed by atoms with E-state index in [0.717, 1.165) is 0 Å². The molecule has 0 radical (unpaired) electrons. The molecule has 5 heteroatoms. The first-order valence-electron chi connectivity index (χ1n) is 3.05. The standard InChI is InChI=1S/C6H9N3O2/c7-6(9-10)8-4-5-2-1-3-11-5/h1-3,10H,4H2,(H3,7,8,9). The van der Waals surface area contributed by atoms with Gasteiger partial charge < -0.3 is 10.2 Å². The molecule has 0 unspecified atom stereocenters. The van der Waals surface area contributed by atoms with E-state index in [0.29, 0.717) is 12.3 Å². The Morgan fingerprint density at radius 3 is 3.18 bits per heavy atom. The number of nitrogens with two attached hydrogens (primary N) is 1. The van der Waals surface area contributed by atoms with E-state index < -0.39 is 0 Å². The van der Waals surface area contributed by atoms with E-state index in [1.807, 2.05) is 0 Å². The minimum absolute atomic E-state index is 0.0265. The molecule has 1 aromatic heterocycles. The third kappa shape index (κ3) is 2.30. The van der Waals surface area contributed by atoms with Crippen molar-refractivity contribution in [3.05, 3.63) is 24.2 Å². The van der Waals surface area contributed by atoms with E-state index >= 15 is 0 Å². The molecule has 0 aliphatic carbocycles. The average Bonchev–Trinajstić information content (AvgIpc) is 2.52. The van der Waals surface area contributed by atoms with Gasteiger partial charge in [-0.25, -0.2) is 10.5 Å². The van der Waals surface area contributed by atoms with Gasteiger partial charge in [0.25, 0.3) is 0 Å². The van der Waals surface area contributed by atoms with Gasteiger partial charge in [-0.3, -0.25) is 5.21 Å². The number of rotatable bonds is 2. The second-order valence-corrected chi connectivity index (χ2v) is 1.89. The Hall–Kier alpha value is -1.49. The highest BCUT2D eigenvalue weighted by molar-refractivity contribution is 5.76. The first-order chi connectivity index (χ1) is 5.33. The summed E-state index contributed by atoms with van der Waals surface area (Å²) in [7, 11) is 0. The normalized spacial score (nSPS) is 11.5. The number of furan rings is 1. The number of hydrogen-bond acceptors (Lipinski definition) is 3. The van der Waals surface area contributed by atoms with Crippen LogP contribution in [0.15, 0.2) is 27.8 Å². The van der Waals surface area contributed by atoms with Gasteiger partial charge in [-0.2, -0.15) is 0 Å². The molecule has 0 saturated heterocycles. The van der Waals surface area contributed by atoms with Gasteiger partial charge in [0, 0.05) is 0 Å². The SMILES string of the molecule is NC(=NCc1ccco1)NO. The molecule has 0 atom stereocenters. The molecule has 0 spiro atoms. The van der Waals surface area contributed by atoms with Gasteiger partial charge in [-0.1, -0.05) is 0 Å². The maximum Gasteiger partial charge on any atom is 0.213 e. The molecule has 0 bridgehead atoms. The van der Waals surface area contributed by atoms with Crippen LogP contribution in [0.25, 0.3) is 0 Å². The second-order valence-electron chi connectivity index (χ2n) is 1.89. The Morgan fingerprint density at radius 1 is 1.82 bits per heavy atom. The van der Waals surface area contributed by atoms with Crippen LogP contribution in [0.5, 0.6) is 0 Å². The monoisotopic (exact) mass is 155 g/mol. The zero-order valence-corrected chi connectivity index (χ0v) is 5.82. The fourth-order valence-electron chi connectivity index (χ4n) is 0.601. The van der Waals surface area contributed by atoms with Crippen molar-refractivity contribution in [3.63, 3.8) is 0 Å². The third-order valence-corrected chi connectivity index (χ3v) is 1.10. The van der Waals surface area contributed by atoms with Crippen LogP contribution in [-0.2, 0) is 6.54 Å². The van der Waals surface area contributed by atoms with Crippen molar-refractivity contribution in [2.24, 2.45) is 10.7 Å². The van der Waals surface area contributed by atoms with Crippen LogP contribution in [0.2, 0.25) is 0 Å². The second kappa shape index (κ2) is 3.62. The summed E-state index contributed by atoms with van der Waals surface area (Å²) in [6, 6.07) is 3.53. The van der Waals surface area contributed by atoms with Crippen LogP contribution in [0, 0.1) is 0 Å². The number of aliphatic imine (C=N–C) groups is 1. The third-order valence-electron chi connectivity index (χ3n) is 1.10. The lowest BCUT2D eigenvalue weighted by Gasteiger charge is -1.94. The molecule has 11 heavy (non-hydrogen) atoms. The zero-order valence-electron chi connectivity index (χ0n) is 5.82. The predicted molar refractivity (Wildman–Crippen MR) is 39.0 cm³/mol. The molecule has 1 rings (SSSR count). The van der Waals surface area contributed by atoms with E-state index in [1.54, 1.807) is 23.9 Å². The summed E-state index contributed by atoms with van der Waals surface area (Å²) in [6.07, 6.45) is 1.55. The Bertz CT molecular complexity index is 230. The number of guanidine groups is 1. The van der Waals surface area contributed by atoms with Crippen LogP contribution in [0.1, 0.15) is 5.76 Å². The maximum atomic E-state index is 8.23. The minimum Gasteiger partial charge on any atom is -0.467 e. The van der Waals surface area contributed by atoms with Crippen molar-refractivity contribution in [3.8, 4) is 0 Å². The minimum atomic E-state index is -0.0265. The largest absolute Gasteiger partial charge is 0.467 e. The van der Waals surface area contributed by atoms with Crippen molar-refractivity contribution in [2.75, 3.05) is 0 Å². The molecule has 60 valence electrons. The van der Waals surface area contributed by atoms with Crippen molar-refractivity contribution < 1.29 is 9.62 Å². The fraction of sp³-hybridized carbons (Fsp3) is 0.167. The van der Waals surface area contributed by atoms with Gasteiger partial charge in [0.2, 0.25) is 5.96 Å². The molecule has 0 amide bonds. The van der Waals surface area contributed by atoms with Crippen molar-refractivity contribution in [1.29, 1.82) is 0 Å². The summed E-state index contributed by atoms with van der Waals surface area (Å²) in [4.78, 5) is 3.72. The maximum absolute atomic E-state index is 8.23. The smallest absolute Gasteiger partial charge is 0.213 e. The van der Waals surface area contributed by atoms with Gasteiger partial charge in [-0.15, -0.1) is 0 Å². The van der Waals surface area contributed by atoms with Crippen LogP contribution in [-0.4, -0.2) is 11.2 Å². The topological polar surface area (TPSA) is 83.8 Å². The molecule has 0 aliphatic heterocycles. The molecular formula is C6H9N3O2. The average molecular weight is 155 g/mol. The number of nitrogens with zero attached hydrogens (tertiary/aromatic N) is 1. The number of nitrogens with one attached hydrogen (secondary N) is 1. The van der Waals surface area contributed by atoms with E-state index in [9.17, 15) is 0 Å². The van der Waals surface area contributed by atoms with Crippen LogP contribution < -0.4 is 11.2 Å². The van der Waals surface area contributed by atoms with Gasteiger partial charge in [0.1, 0.15) is 12.3 Å². The number of hydrogen-bond donors (Lipinski definition) is 3. The van der Waals surface area contributed by atoms with Crippen LogP contribution in [0.4, 0.5) is 0 Å². The number of hydroxylamine groups is 1. The van der Waals surface area contributed by atoms with E-state index in [-0.39, 0.29) is 5.96 Å². The van der Waals surface area contributed by atoms with Gasteiger partial charge in [-0.05, 0) is 12.1 Å². The highest BCUT2D eigenvalue weighted by Gasteiger charge is 1.92. The summed E-state index contributed by atoms with van der Waals surface area (Å²) in [5.41, 5.74) is 6.85. The quantitative estimate of drug-likeness (QED) is 0.320. The first kappa shape index (κ1) is 7.62. The molecule has 1 heterocycles. The lowest BCUT2D eigenvalue weighted by atomic mass is 10.5. The molecule has 4 N–H and O–H groups in total. The van der Waals surface area contributed by atoms with Crippen LogP contribution >= 0.6 is 0 Å². The fourth-order valence-corrected chi connectivity index (χ4v) is 0.601. The molecular weight excluding hydrogens is 146 g/mol. The Kier molecular flexibility index (Phi) is 2.51. The molecule has 0 aromatic carbocycles. The summed E-state index contributed by atoms with van der Waals surface area (Å²) < 4.78 is 4.96. The van der Waals surface area contributed by atoms with Crippen molar-refractivity contribution in [1.82, 2.24) is 5.48 Å². The summed E-state index contributed by atoms with van der Waals surface area (Å²) in [5, 5.41) is 8.23. The first-order valence-corrected chi connectivity index (χ1v) is 3.05. The Morgan fingerprint density at radius 2 is 2.64 bits per heavy atom. The predicted octanol–water partition coefficient (Wildman–Crippen LogP) is 0.0731. The summed E-state index contributed by atoms with van der Waals surface area (Å²) >= 11 is 0. The Labute approximate surface area is 63.5 Å². The van der Waals surface area contributed by atoms with Gasteiger partial charge >= 0.3 is 0 Å². The van der Waals surface area contributed by atoms with E-state index in [4.69, 9.17) is 15.4 Å². The van der Waals surface area contributed by atoms with E-state index in [2.05, 4.69) is 4.99 Å². The highest BCUT2D eigenvalue weighted by Crippen LogP contribution is 2.00. The summed E-state index contributed by atoms with van der Waals surface area (Å²) in [5.74, 6) is 0.671. The molecule has 0 saturated carbocycles.